The van der Waals surface area contributed by atoms with Gasteiger partial charge in [-0.05, 0) is 24.7 Å². The van der Waals surface area contributed by atoms with Crippen LogP contribution in [-0.4, -0.2) is 10.9 Å². The van der Waals surface area contributed by atoms with Gasteiger partial charge in [0, 0.05) is 17.9 Å². The van der Waals surface area contributed by atoms with E-state index in [0.717, 1.165) is 12.8 Å². The predicted molar refractivity (Wildman–Crippen MR) is 61.7 cm³/mol. The van der Waals surface area contributed by atoms with Crippen molar-refractivity contribution in [2.24, 2.45) is 17.8 Å². The third-order valence-electron chi connectivity index (χ3n) is 3.34. The fourth-order valence-corrected chi connectivity index (χ4v) is 2.11. The minimum absolute atomic E-state index is 0.0647. The first-order chi connectivity index (χ1) is 6.93. The highest BCUT2D eigenvalue weighted by atomic mass is 16.3. The number of carbonyl (C=O) groups is 1. The molecule has 1 aliphatic carbocycles. The Hall–Kier alpha value is -0.790. The van der Waals surface area contributed by atoms with Gasteiger partial charge in [0.15, 0.2) is 5.78 Å². The average Bonchev–Trinajstić information content (AvgIpc) is 2.16. The van der Waals surface area contributed by atoms with Gasteiger partial charge in [-0.15, -0.1) is 0 Å². The number of aliphatic hydroxyl groups is 1. The molecule has 0 aromatic rings. The van der Waals surface area contributed by atoms with Gasteiger partial charge in [0.05, 0.1) is 0 Å². The lowest BCUT2D eigenvalue weighted by Gasteiger charge is -2.27. The summed E-state index contributed by atoms with van der Waals surface area (Å²) in [5.41, 5.74) is 0.690. The van der Waals surface area contributed by atoms with Gasteiger partial charge in [-0.2, -0.15) is 0 Å². The number of allylic oxidation sites excluding steroid dienone is 2. The summed E-state index contributed by atoms with van der Waals surface area (Å²) in [6, 6.07) is 0. The molecule has 0 aromatic heterocycles. The second-order valence-electron chi connectivity index (χ2n) is 5.19. The maximum atomic E-state index is 11.7. The summed E-state index contributed by atoms with van der Waals surface area (Å²) in [4.78, 5) is 11.7. The fourth-order valence-electron chi connectivity index (χ4n) is 2.11. The highest BCUT2D eigenvalue weighted by molar-refractivity contribution is 5.96. The van der Waals surface area contributed by atoms with E-state index < -0.39 is 0 Å². The molecule has 86 valence electrons. The number of hydrogen-bond donors (Lipinski definition) is 1. The van der Waals surface area contributed by atoms with E-state index in [1.165, 1.54) is 0 Å². The van der Waals surface area contributed by atoms with Crippen molar-refractivity contribution in [1.29, 1.82) is 0 Å². The second kappa shape index (κ2) is 4.82. The van der Waals surface area contributed by atoms with E-state index in [1.807, 2.05) is 13.8 Å². The van der Waals surface area contributed by atoms with Crippen LogP contribution in [0.5, 0.6) is 0 Å². The molecule has 1 saturated carbocycles. The van der Waals surface area contributed by atoms with E-state index in [1.54, 1.807) is 0 Å². The monoisotopic (exact) mass is 210 g/mol. The Labute approximate surface area is 92.4 Å². The summed E-state index contributed by atoms with van der Waals surface area (Å²) in [6.45, 7) is 8.22. The summed E-state index contributed by atoms with van der Waals surface area (Å²) in [5.74, 6) is 1.67. The Kier molecular flexibility index (Phi) is 3.95. The molecule has 1 rings (SSSR count). The van der Waals surface area contributed by atoms with Crippen LogP contribution in [0.2, 0.25) is 0 Å². The molecule has 1 aliphatic rings. The van der Waals surface area contributed by atoms with E-state index in [0.29, 0.717) is 29.6 Å². The Bertz CT molecular complexity index is 274. The minimum Gasteiger partial charge on any atom is -0.512 e. The third-order valence-corrected chi connectivity index (χ3v) is 3.34. The fraction of sp³-hybridized carbons (Fsp3) is 0.769. The van der Waals surface area contributed by atoms with Gasteiger partial charge in [0.2, 0.25) is 0 Å². The van der Waals surface area contributed by atoms with Crippen molar-refractivity contribution in [3.63, 3.8) is 0 Å². The highest BCUT2D eigenvalue weighted by Crippen LogP contribution is 2.33. The zero-order valence-corrected chi connectivity index (χ0v) is 10.2. The van der Waals surface area contributed by atoms with Crippen molar-refractivity contribution >= 4 is 5.78 Å². The van der Waals surface area contributed by atoms with Gasteiger partial charge in [-0.25, -0.2) is 0 Å². The van der Waals surface area contributed by atoms with Crippen molar-refractivity contribution in [3.8, 4) is 0 Å². The maximum absolute atomic E-state index is 11.7. The van der Waals surface area contributed by atoms with Gasteiger partial charge in [0.1, 0.15) is 5.76 Å². The average molecular weight is 210 g/mol. The van der Waals surface area contributed by atoms with E-state index in [2.05, 4.69) is 13.8 Å². The van der Waals surface area contributed by atoms with E-state index in [9.17, 15) is 9.90 Å². The number of ketones is 1. The Morgan fingerprint density at radius 3 is 2.40 bits per heavy atom. The summed E-state index contributed by atoms with van der Waals surface area (Å²) in [5, 5.41) is 9.88. The first kappa shape index (κ1) is 12.3. The molecule has 0 bridgehead atoms. The van der Waals surface area contributed by atoms with Crippen LogP contribution >= 0.6 is 0 Å². The first-order valence-corrected chi connectivity index (χ1v) is 5.88. The molecule has 15 heavy (non-hydrogen) atoms. The predicted octanol–water partition coefficient (Wildman–Crippen LogP) is 3.48. The van der Waals surface area contributed by atoms with E-state index in [4.69, 9.17) is 0 Å². The Balaban J connectivity index is 2.87. The van der Waals surface area contributed by atoms with Gasteiger partial charge in [-0.3, -0.25) is 4.79 Å². The summed E-state index contributed by atoms with van der Waals surface area (Å²) >= 11 is 0. The Morgan fingerprint density at radius 1 is 1.33 bits per heavy atom. The quantitative estimate of drug-likeness (QED) is 0.559. The molecule has 0 aromatic carbocycles. The second-order valence-corrected chi connectivity index (χ2v) is 5.19. The molecule has 1 unspecified atom stereocenters. The van der Waals surface area contributed by atoms with Crippen LogP contribution < -0.4 is 0 Å². The zero-order valence-electron chi connectivity index (χ0n) is 10.2. The lowest BCUT2D eigenvalue weighted by molar-refractivity contribution is -0.117. The van der Waals surface area contributed by atoms with Crippen molar-refractivity contribution in [2.45, 2.75) is 47.0 Å². The van der Waals surface area contributed by atoms with Gasteiger partial charge in [0.25, 0.3) is 0 Å². The molecule has 1 N–H and O–H groups in total. The van der Waals surface area contributed by atoms with Crippen LogP contribution in [0.4, 0.5) is 0 Å². The number of Topliss-reactive ketones (excluding diaryl/α,β-unsaturated/α-hetero) is 1. The van der Waals surface area contributed by atoms with Crippen LogP contribution in [-0.2, 0) is 4.79 Å². The number of hydrogen-bond acceptors (Lipinski definition) is 2. The molecule has 0 heterocycles. The molecular weight excluding hydrogens is 188 g/mol. The summed E-state index contributed by atoms with van der Waals surface area (Å²) < 4.78 is 0. The lowest BCUT2D eigenvalue weighted by Crippen LogP contribution is -2.23. The number of aliphatic hydroxyl groups excluding tert-OH is 1. The molecule has 1 atom stereocenters. The normalized spacial score (nSPS) is 26.3. The molecule has 0 radical (unpaired) electrons. The smallest absolute Gasteiger partial charge is 0.162 e. The van der Waals surface area contributed by atoms with Crippen LogP contribution in [0.25, 0.3) is 0 Å². The van der Waals surface area contributed by atoms with Gasteiger partial charge in [-0.1, -0.05) is 27.7 Å². The molecule has 0 amide bonds. The number of rotatable bonds is 2. The maximum Gasteiger partial charge on any atom is 0.162 e. The molecule has 1 fully saturated rings. The zero-order chi connectivity index (χ0) is 11.6. The SMILES string of the molecule is CC(C)C(O)=C1CC(C(C)C)CCC1=O. The van der Waals surface area contributed by atoms with Crippen LogP contribution in [0.15, 0.2) is 11.3 Å². The largest absolute Gasteiger partial charge is 0.512 e. The van der Waals surface area contributed by atoms with Crippen LogP contribution in [0.3, 0.4) is 0 Å². The molecule has 2 heteroatoms. The van der Waals surface area contributed by atoms with Crippen molar-refractivity contribution in [1.82, 2.24) is 0 Å². The Morgan fingerprint density at radius 2 is 1.93 bits per heavy atom. The topological polar surface area (TPSA) is 37.3 Å². The van der Waals surface area contributed by atoms with Crippen LogP contribution in [0.1, 0.15) is 47.0 Å². The summed E-state index contributed by atoms with van der Waals surface area (Å²) in [7, 11) is 0. The molecular formula is C13H22O2. The van der Waals surface area contributed by atoms with Crippen molar-refractivity contribution < 1.29 is 9.90 Å². The molecule has 0 saturated heterocycles. The van der Waals surface area contributed by atoms with E-state index in [-0.39, 0.29) is 11.7 Å². The standard InChI is InChI=1S/C13H22O2/c1-8(2)10-5-6-12(14)11(7-10)13(15)9(3)4/h8-10,15H,5-7H2,1-4H3. The van der Waals surface area contributed by atoms with Gasteiger partial charge < -0.3 is 5.11 Å². The van der Waals surface area contributed by atoms with Crippen molar-refractivity contribution in [3.05, 3.63) is 11.3 Å². The van der Waals surface area contributed by atoms with Crippen LogP contribution in [0, 0.1) is 17.8 Å². The minimum atomic E-state index is 0.0647. The van der Waals surface area contributed by atoms with E-state index >= 15 is 0 Å². The first-order valence-electron chi connectivity index (χ1n) is 5.88. The molecule has 0 aliphatic heterocycles. The molecule has 0 spiro atoms. The third kappa shape index (κ3) is 2.83. The highest BCUT2D eigenvalue weighted by Gasteiger charge is 2.28. The van der Waals surface area contributed by atoms with Crippen molar-refractivity contribution in [2.75, 3.05) is 0 Å². The lowest BCUT2D eigenvalue weighted by atomic mass is 9.77. The molecule has 2 nitrogen and oxygen atoms in total. The number of carbonyl (C=O) groups excluding carboxylic acids is 1. The summed E-state index contributed by atoms with van der Waals surface area (Å²) in [6.07, 6.45) is 2.35. The van der Waals surface area contributed by atoms with Gasteiger partial charge >= 0.3 is 0 Å².